The molecule has 1 aromatic rings. The van der Waals surface area contributed by atoms with Crippen LogP contribution in [-0.4, -0.2) is 9.97 Å². The van der Waals surface area contributed by atoms with Gasteiger partial charge in [-0.05, 0) is 0 Å². The highest BCUT2D eigenvalue weighted by atomic mass is 35.6. The molecule has 0 saturated carbocycles. The second kappa shape index (κ2) is 3.31. The number of nitrogens with zero attached hydrogens (tertiary/aromatic N) is 2. The summed E-state index contributed by atoms with van der Waals surface area (Å²) in [5.41, 5.74) is 0. The zero-order valence-electron chi connectivity index (χ0n) is 4.98. The Morgan fingerprint density at radius 1 is 1.36 bits per heavy atom. The minimum absolute atomic E-state index is 0.0231. The zero-order chi connectivity index (χ0) is 8.48. The Kier molecular flexibility index (Phi) is 2.81. The van der Waals surface area contributed by atoms with Gasteiger partial charge < -0.3 is 0 Å². The highest BCUT2D eigenvalue weighted by Crippen LogP contribution is 2.35. The summed E-state index contributed by atoms with van der Waals surface area (Å²) in [6.07, 6.45) is 2.44. The molecule has 1 heterocycles. The van der Waals surface area contributed by atoms with E-state index in [4.69, 9.17) is 46.4 Å². The molecule has 0 unspecified atom stereocenters. The Morgan fingerprint density at radius 3 is 2.36 bits per heavy atom. The van der Waals surface area contributed by atoms with Crippen molar-refractivity contribution in [1.29, 1.82) is 0 Å². The number of rotatable bonds is 0. The summed E-state index contributed by atoms with van der Waals surface area (Å²) in [6, 6.07) is 1.38. The van der Waals surface area contributed by atoms with Gasteiger partial charge in [-0.2, -0.15) is 0 Å². The average molecular weight is 231 g/mol. The third-order valence-corrected chi connectivity index (χ3v) is 1.52. The Balaban J connectivity index is 3.06. The first-order valence-electron chi connectivity index (χ1n) is 2.48. The summed E-state index contributed by atoms with van der Waals surface area (Å²) in [4.78, 5) is 7.27. The van der Waals surface area contributed by atoms with Crippen LogP contribution in [0.15, 0.2) is 6.07 Å². The maximum absolute atomic E-state index is 5.49. The predicted molar refractivity (Wildman–Crippen MR) is 45.1 cm³/mol. The minimum atomic E-state index is -1.64. The fourth-order valence-electron chi connectivity index (χ4n) is 0.432. The van der Waals surface area contributed by atoms with Gasteiger partial charge in [-0.1, -0.05) is 46.4 Å². The van der Waals surface area contributed by atoms with Crippen LogP contribution < -0.4 is 0 Å². The first-order chi connectivity index (χ1) is 5.00. The molecule has 0 amide bonds. The minimum Gasteiger partial charge on any atom is -0.227 e. The zero-order valence-corrected chi connectivity index (χ0v) is 8.01. The van der Waals surface area contributed by atoms with Gasteiger partial charge in [-0.15, -0.1) is 0 Å². The SMILES string of the molecule is Clc1c[c]nc(C(Cl)(Cl)Cl)n1. The second-order valence-corrected chi connectivity index (χ2v) is 4.31. The van der Waals surface area contributed by atoms with Crippen molar-refractivity contribution in [2.45, 2.75) is 3.79 Å². The van der Waals surface area contributed by atoms with Crippen molar-refractivity contribution in [1.82, 2.24) is 9.97 Å². The molecule has 0 bridgehead atoms. The summed E-state index contributed by atoms with van der Waals surface area (Å²) in [5.74, 6) is 0.0231. The second-order valence-electron chi connectivity index (χ2n) is 1.64. The Morgan fingerprint density at radius 2 is 2.00 bits per heavy atom. The summed E-state index contributed by atoms with van der Waals surface area (Å²) < 4.78 is -1.64. The van der Waals surface area contributed by atoms with E-state index in [1.807, 2.05) is 0 Å². The molecule has 6 heteroatoms. The molecule has 0 spiro atoms. The first kappa shape index (κ1) is 9.33. The third kappa shape index (κ3) is 2.64. The maximum Gasteiger partial charge on any atom is 0.250 e. The molecular formula is C5HCl4N2. The summed E-state index contributed by atoms with van der Waals surface area (Å²) >= 11 is 21.9. The van der Waals surface area contributed by atoms with Crippen LogP contribution in [0.4, 0.5) is 0 Å². The van der Waals surface area contributed by atoms with Crippen LogP contribution in [-0.2, 0) is 3.79 Å². The largest absolute Gasteiger partial charge is 0.250 e. The van der Waals surface area contributed by atoms with Crippen LogP contribution in [0.2, 0.25) is 5.15 Å². The van der Waals surface area contributed by atoms with Gasteiger partial charge in [0, 0.05) is 6.07 Å². The molecule has 1 aromatic heterocycles. The lowest BCUT2D eigenvalue weighted by molar-refractivity contribution is 0.965. The van der Waals surface area contributed by atoms with Crippen molar-refractivity contribution in [2.75, 3.05) is 0 Å². The van der Waals surface area contributed by atoms with Gasteiger partial charge in [0.1, 0.15) is 5.15 Å². The number of hydrogen-bond acceptors (Lipinski definition) is 2. The molecule has 0 aromatic carbocycles. The van der Waals surface area contributed by atoms with E-state index in [0.717, 1.165) is 0 Å². The van der Waals surface area contributed by atoms with Gasteiger partial charge >= 0.3 is 0 Å². The number of alkyl halides is 3. The smallest absolute Gasteiger partial charge is 0.227 e. The van der Waals surface area contributed by atoms with Gasteiger partial charge in [-0.25, -0.2) is 9.97 Å². The Hall–Kier alpha value is 0.240. The standard InChI is InChI=1S/C5HCl4N2/c6-3-1-2-10-4(11-3)5(7,8)9/h1H. The molecule has 0 atom stereocenters. The van der Waals surface area contributed by atoms with Crippen LogP contribution >= 0.6 is 46.4 Å². The van der Waals surface area contributed by atoms with E-state index in [0.29, 0.717) is 0 Å². The van der Waals surface area contributed by atoms with Crippen molar-refractivity contribution in [3.8, 4) is 0 Å². The van der Waals surface area contributed by atoms with Crippen molar-refractivity contribution in [3.05, 3.63) is 23.2 Å². The lowest BCUT2D eigenvalue weighted by Crippen LogP contribution is -2.06. The molecule has 2 nitrogen and oxygen atoms in total. The fourth-order valence-corrected chi connectivity index (χ4v) is 0.814. The van der Waals surface area contributed by atoms with Gasteiger partial charge in [0.05, 0.1) is 6.20 Å². The lowest BCUT2D eigenvalue weighted by atomic mass is 10.6. The monoisotopic (exact) mass is 229 g/mol. The van der Waals surface area contributed by atoms with Gasteiger partial charge in [0.2, 0.25) is 3.79 Å². The highest BCUT2D eigenvalue weighted by Gasteiger charge is 2.26. The summed E-state index contributed by atoms with van der Waals surface area (Å²) in [6.45, 7) is 0. The molecule has 1 rings (SSSR count). The third-order valence-electron chi connectivity index (χ3n) is 0.820. The normalized spacial score (nSPS) is 11.6. The van der Waals surface area contributed by atoms with E-state index in [-0.39, 0.29) is 11.0 Å². The van der Waals surface area contributed by atoms with Crippen molar-refractivity contribution in [2.24, 2.45) is 0 Å². The highest BCUT2D eigenvalue weighted by molar-refractivity contribution is 6.66. The van der Waals surface area contributed by atoms with E-state index in [1.165, 1.54) is 6.07 Å². The maximum atomic E-state index is 5.49. The topological polar surface area (TPSA) is 25.8 Å². The quantitative estimate of drug-likeness (QED) is 0.506. The van der Waals surface area contributed by atoms with Crippen molar-refractivity contribution in [3.63, 3.8) is 0 Å². The molecule has 0 aliphatic heterocycles. The predicted octanol–water partition coefficient (Wildman–Crippen LogP) is 2.76. The van der Waals surface area contributed by atoms with E-state index >= 15 is 0 Å². The molecule has 1 radical (unpaired) electrons. The van der Waals surface area contributed by atoms with Gasteiger partial charge in [0.15, 0.2) is 5.82 Å². The Bertz CT molecular complexity index is 257. The van der Waals surface area contributed by atoms with Crippen LogP contribution in [0.5, 0.6) is 0 Å². The number of halogens is 4. The Labute approximate surface area is 83.4 Å². The molecule has 0 saturated heterocycles. The van der Waals surface area contributed by atoms with Crippen molar-refractivity contribution >= 4 is 46.4 Å². The number of aromatic nitrogens is 2. The van der Waals surface area contributed by atoms with E-state index in [1.54, 1.807) is 0 Å². The molecular weight excluding hydrogens is 230 g/mol. The van der Waals surface area contributed by atoms with Crippen LogP contribution in [0.25, 0.3) is 0 Å². The van der Waals surface area contributed by atoms with Gasteiger partial charge in [0.25, 0.3) is 0 Å². The van der Waals surface area contributed by atoms with Crippen LogP contribution in [0, 0.1) is 6.20 Å². The van der Waals surface area contributed by atoms with E-state index in [9.17, 15) is 0 Å². The van der Waals surface area contributed by atoms with Crippen molar-refractivity contribution < 1.29 is 0 Å². The molecule has 0 N–H and O–H groups in total. The first-order valence-corrected chi connectivity index (χ1v) is 3.99. The van der Waals surface area contributed by atoms with Crippen LogP contribution in [0.1, 0.15) is 5.82 Å². The fraction of sp³-hybridized carbons (Fsp3) is 0.200. The average Bonchev–Trinajstić information content (AvgIpc) is 1.86. The number of hydrogen-bond donors (Lipinski definition) is 0. The van der Waals surface area contributed by atoms with Gasteiger partial charge in [-0.3, -0.25) is 0 Å². The lowest BCUT2D eigenvalue weighted by Gasteiger charge is -2.07. The van der Waals surface area contributed by atoms with E-state index in [2.05, 4.69) is 16.2 Å². The summed E-state index contributed by atoms with van der Waals surface area (Å²) in [7, 11) is 0. The molecule has 11 heavy (non-hydrogen) atoms. The molecule has 0 aliphatic carbocycles. The summed E-state index contributed by atoms with van der Waals surface area (Å²) in [5, 5.41) is 0.196. The molecule has 59 valence electrons. The van der Waals surface area contributed by atoms with Crippen LogP contribution in [0.3, 0.4) is 0 Å². The van der Waals surface area contributed by atoms with E-state index < -0.39 is 3.79 Å². The molecule has 0 fully saturated rings. The molecule has 0 aliphatic rings.